The molecule has 0 radical (unpaired) electrons. The predicted molar refractivity (Wildman–Crippen MR) is 101 cm³/mol. The van der Waals surface area contributed by atoms with E-state index >= 15 is 0 Å². The Balaban J connectivity index is 2.00. The van der Waals surface area contributed by atoms with E-state index in [4.69, 9.17) is 0 Å². The lowest BCUT2D eigenvalue weighted by molar-refractivity contribution is 0.410. The van der Waals surface area contributed by atoms with Crippen molar-refractivity contribution in [3.05, 3.63) is 48.5 Å². The Bertz CT molecular complexity index is 943. The smallest absolute Gasteiger partial charge is 0.243 e. The fraction of sp³-hybridized carbons (Fsp3) is 0.316. The van der Waals surface area contributed by atoms with Crippen molar-refractivity contribution in [1.29, 1.82) is 0 Å². The predicted octanol–water partition coefficient (Wildman–Crippen LogP) is 4.04. The fourth-order valence-electron chi connectivity index (χ4n) is 2.88. The molecule has 1 heterocycles. The van der Waals surface area contributed by atoms with Crippen LogP contribution in [0.15, 0.2) is 53.4 Å². The number of benzene rings is 2. The first-order chi connectivity index (χ1) is 12.1. The van der Waals surface area contributed by atoms with E-state index < -0.39 is 10.0 Å². The van der Waals surface area contributed by atoms with E-state index in [0.29, 0.717) is 18.0 Å². The number of nitrogens with zero attached hydrogens (tertiary/aromatic N) is 2. The van der Waals surface area contributed by atoms with Crippen molar-refractivity contribution < 1.29 is 8.42 Å². The second kappa shape index (κ2) is 7.37. The van der Waals surface area contributed by atoms with Crippen LogP contribution in [-0.2, 0) is 10.0 Å². The number of hydrogen-bond acceptors (Lipinski definition) is 3. The molecule has 3 rings (SSSR count). The molecule has 25 heavy (non-hydrogen) atoms. The maximum atomic E-state index is 12.9. The maximum absolute atomic E-state index is 12.9. The lowest BCUT2D eigenvalue weighted by Gasteiger charge is -2.20. The highest BCUT2D eigenvalue weighted by Crippen LogP contribution is 2.24. The molecule has 5 nitrogen and oxygen atoms in total. The summed E-state index contributed by atoms with van der Waals surface area (Å²) in [5, 5.41) is 0. The molecule has 0 aliphatic rings. The van der Waals surface area contributed by atoms with Crippen molar-refractivity contribution in [2.45, 2.75) is 31.6 Å². The van der Waals surface area contributed by atoms with Crippen LogP contribution in [0, 0.1) is 0 Å². The lowest BCUT2D eigenvalue weighted by Crippen LogP contribution is -2.32. The molecule has 0 saturated carbocycles. The summed E-state index contributed by atoms with van der Waals surface area (Å²) in [6.45, 7) is 5.05. The molecule has 0 fully saturated rings. The van der Waals surface area contributed by atoms with Gasteiger partial charge in [-0.3, -0.25) is 0 Å². The highest BCUT2D eigenvalue weighted by atomic mass is 32.2. The van der Waals surface area contributed by atoms with Crippen molar-refractivity contribution in [2.75, 3.05) is 13.1 Å². The Kier molecular flexibility index (Phi) is 5.20. The van der Waals surface area contributed by atoms with E-state index in [1.54, 1.807) is 22.5 Å². The topological polar surface area (TPSA) is 66.1 Å². The number of hydrogen-bond donors (Lipinski definition) is 1. The second-order valence-corrected chi connectivity index (χ2v) is 7.97. The van der Waals surface area contributed by atoms with Crippen LogP contribution >= 0.6 is 0 Å². The summed E-state index contributed by atoms with van der Waals surface area (Å²) in [6.07, 6.45) is 1.59. The summed E-state index contributed by atoms with van der Waals surface area (Å²) in [5.74, 6) is 0.740. The molecule has 2 aromatic carbocycles. The third-order valence-electron chi connectivity index (χ3n) is 4.08. The minimum Gasteiger partial charge on any atom is -0.338 e. The van der Waals surface area contributed by atoms with Crippen molar-refractivity contribution in [3.63, 3.8) is 0 Å². The Morgan fingerprint density at radius 2 is 1.68 bits per heavy atom. The van der Waals surface area contributed by atoms with Crippen LogP contribution in [0.3, 0.4) is 0 Å². The Hall–Kier alpha value is -2.18. The molecule has 0 spiro atoms. The first kappa shape index (κ1) is 17.6. The van der Waals surface area contributed by atoms with Crippen LogP contribution in [0.1, 0.15) is 26.7 Å². The number of sulfonamides is 1. The van der Waals surface area contributed by atoms with Crippen LogP contribution in [0.2, 0.25) is 0 Å². The molecule has 132 valence electrons. The largest absolute Gasteiger partial charge is 0.338 e. The van der Waals surface area contributed by atoms with Crippen LogP contribution in [0.25, 0.3) is 22.4 Å². The number of nitrogens with one attached hydrogen (secondary N) is 1. The highest BCUT2D eigenvalue weighted by molar-refractivity contribution is 7.89. The minimum absolute atomic E-state index is 0.310. The normalized spacial score (nSPS) is 12.1. The molecule has 0 amide bonds. The van der Waals surface area contributed by atoms with Crippen LogP contribution in [0.4, 0.5) is 0 Å². The van der Waals surface area contributed by atoms with Gasteiger partial charge < -0.3 is 4.98 Å². The number of H-pyrrole nitrogens is 1. The quantitative estimate of drug-likeness (QED) is 0.694. The molecular weight excluding hydrogens is 334 g/mol. The molecule has 0 aliphatic heterocycles. The third-order valence-corrected chi connectivity index (χ3v) is 5.98. The SMILES string of the molecule is CCCN(CCC)S(=O)(=O)c1ccc2nc(-c3ccccc3)[nH]c2c1. The summed E-state index contributed by atoms with van der Waals surface area (Å²) in [7, 11) is -3.49. The van der Waals surface area contributed by atoms with Gasteiger partial charge in [0, 0.05) is 18.7 Å². The van der Waals surface area contributed by atoms with Gasteiger partial charge in [-0.2, -0.15) is 4.31 Å². The number of imidazole rings is 1. The van der Waals surface area contributed by atoms with Crippen molar-refractivity contribution in [2.24, 2.45) is 0 Å². The highest BCUT2D eigenvalue weighted by Gasteiger charge is 2.23. The van der Waals surface area contributed by atoms with E-state index in [2.05, 4.69) is 9.97 Å². The molecule has 0 aliphatic carbocycles. The zero-order chi connectivity index (χ0) is 17.9. The van der Waals surface area contributed by atoms with E-state index in [1.807, 2.05) is 44.2 Å². The van der Waals surface area contributed by atoms with Gasteiger partial charge in [0.05, 0.1) is 15.9 Å². The van der Waals surface area contributed by atoms with E-state index in [0.717, 1.165) is 35.3 Å². The molecule has 1 N–H and O–H groups in total. The molecule has 6 heteroatoms. The van der Waals surface area contributed by atoms with E-state index in [9.17, 15) is 8.42 Å². The number of rotatable bonds is 7. The van der Waals surface area contributed by atoms with Gasteiger partial charge in [-0.1, -0.05) is 44.2 Å². The molecule has 0 bridgehead atoms. The van der Waals surface area contributed by atoms with Gasteiger partial charge in [-0.15, -0.1) is 0 Å². The molecule has 0 unspecified atom stereocenters. The van der Waals surface area contributed by atoms with Gasteiger partial charge in [0.15, 0.2) is 0 Å². The Labute approximate surface area is 148 Å². The van der Waals surface area contributed by atoms with Gasteiger partial charge in [0.2, 0.25) is 10.0 Å². The van der Waals surface area contributed by atoms with Gasteiger partial charge >= 0.3 is 0 Å². The van der Waals surface area contributed by atoms with Crippen molar-refractivity contribution in [3.8, 4) is 11.4 Å². The number of aromatic amines is 1. The summed E-state index contributed by atoms with van der Waals surface area (Å²) < 4.78 is 27.4. The van der Waals surface area contributed by atoms with Crippen LogP contribution in [0.5, 0.6) is 0 Å². The van der Waals surface area contributed by atoms with Gasteiger partial charge in [-0.05, 0) is 31.0 Å². The molecule has 1 aromatic heterocycles. The van der Waals surface area contributed by atoms with Crippen LogP contribution in [-0.4, -0.2) is 35.8 Å². The van der Waals surface area contributed by atoms with Crippen molar-refractivity contribution in [1.82, 2.24) is 14.3 Å². The fourth-order valence-corrected chi connectivity index (χ4v) is 4.53. The molecule has 0 atom stereocenters. The zero-order valence-corrected chi connectivity index (χ0v) is 15.4. The number of fused-ring (bicyclic) bond motifs is 1. The summed E-state index contributed by atoms with van der Waals surface area (Å²) in [5.41, 5.74) is 2.46. The second-order valence-electron chi connectivity index (χ2n) is 6.03. The Morgan fingerprint density at radius 1 is 1.00 bits per heavy atom. The van der Waals surface area contributed by atoms with Crippen molar-refractivity contribution >= 4 is 21.1 Å². The first-order valence-corrected chi connectivity index (χ1v) is 10.1. The summed E-state index contributed by atoms with van der Waals surface area (Å²) in [4.78, 5) is 8.10. The molecular formula is C19H23N3O2S. The lowest BCUT2D eigenvalue weighted by atomic mass is 10.2. The summed E-state index contributed by atoms with van der Waals surface area (Å²) >= 11 is 0. The average molecular weight is 357 g/mol. The molecule has 3 aromatic rings. The van der Waals surface area contributed by atoms with Gasteiger partial charge in [0.25, 0.3) is 0 Å². The average Bonchev–Trinajstić information content (AvgIpc) is 3.05. The van der Waals surface area contributed by atoms with Gasteiger partial charge in [0.1, 0.15) is 5.82 Å². The Morgan fingerprint density at radius 3 is 2.32 bits per heavy atom. The van der Waals surface area contributed by atoms with Gasteiger partial charge in [-0.25, -0.2) is 13.4 Å². The monoisotopic (exact) mass is 357 g/mol. The maximum Gasteiger partial charge on any atom is 0.243 e. The standard InChI is InChI=1S/C19H23N3O2S/c1-3-12-22(13-4-2)25(23,24)16-10-11-17-18(14-16)21-19(20-17)15-8-6-5-7-9-15/h5-11,14H,3-4,12-13H2,1-2H3,(H,20,21). The zero-order valence-electron chi connectivity index (χ0n) is 14.6. The third kappa shape index (κ3) is 3.60. The molecule has 0 saturated heterocycles. The van der Waals surface area contributed by atoms with E-state index in [1.165, 1.54) is 0 Å². The van der Waals surface area contributed by atoms with E-state index in [-0.39, 0.29) is 0 Å². The minimum atomic E-state index is -3.49. The number of aromatic nitrogens is 2. The first-order valence-electron chi connectivity index (χ1n) is 8.61. The van der Waals surface area contributed by atoms with Crippen LogP contribution < -0.4 is 0 Å². The summed E-state index contributed by atoms with van der Waals surface area (Å²) in [6, 6.07) is 14.9.